The predicted octanol–water partition coefficient (Wildman–Crippen LogP) is 5.88. The van der Waals surface area contributed by atoms with Crippen molar-refractivity contribution in [2.24, 2.45) is 5.92 Å². The summed E-state index contributed by atoms with van der Waals surface area (Å²) in [4.78, 5) is 21.6. The van der Waals surface area contributed by atoms with Crippen LogP contribution in [0.3, 0.4) is 0 Å². The van der Waals surface area contributed by atoms with Gasteiger partial charge >= 0.3 is 0 Å². The van der Waals surface area contributed by atoms with Crippen molar-refractivity contribution in [2.45, 2.75) is 49.7 Å². The van der Waals surface area contributed by atoms with Crippen LogP contribution in [0.5, 0.6) is 0 Å². The molecular weight excluding hydrogens is 564 g/mol. The van der Waals surface area contributed by atoms with Crippen LogP contribution in [0.1, 0.15) is 43.7 Å². The molecule has 41 heavy (non-hydrogen) atoms. The van der Waals surface area contributed by atoms with E-state index in [4.69, 9.17) is 9.76 Å². The van der Waals surface area contributed by atoms with E-state index < -0.39 is 27.4 Å². The Bertz CT molecular complexity index is 1600. The highest BCUT2D eigenvalue weighted by Crippen LogP contribution is 2.48. The summed E-state index contributed by atoms with van der Waals surface area (Å²) in [6, 6.07) is 16.2. The maximum atomic E-state index is 14.8. The molecule has 2 aliphatic carbocycles. The third-order valence-corrected chi connectivity index (χ3v) is 11.3. The van der Waals surface area contributed by atoms with Crippen LogP contribution in [0.2, 0.25) is 0 Å². The fraction of sp³-hybridized carbons (Fsp3) is 0.433. The van der Waals surface area contributed by atoms with Crippen molar-refractivity contribution < 1.29 is 17.8 Å². The number of hydrogen-bond donors (Lipinski definition) is 2. The van der Waals surface area contributed by atoms with Gasteiger partial charge in [0.25, 0.3) is 0 Å². The third-order valence-electron chi connectivity index (χ3n) is 8.42. The molecule has 11 heteroatoms. The minimum absolute atomic E-state index is 0.0620. The van der Waals surface area contributed by atoms with Gasteiger partial charge < -0.3 is 10.2 Å². The van der Waals surface area contributed by atoms with Crippen LogP contribution in [-0.2, 0) is 14.5 Å². The molecule has 214 valence electrons. The molecule has 3 aromatic rings. The lowest BCUT2D eigenvalue weighted by molar-refractivity contribution is -0.128. The minimum atomic E-state index is -2.58. The SMILES string of the molecule is N#CC1(NC(=O)[C@@H]2C[C@@H](F)CC[C@H]2c2nc(-c3ccc(F)cc3)sc2-c2ccccc2N2CCS(=N)(=O)CC2)CC1. The standard InChI is InChI=1S/C30H31F2N5O2S2/c31-20-7-5-19(6-8-20)29-35-26(22-10-9-21(32)17-24(22)28(38)36-30(18-33)11-12-30)27(40-29)23-3-1-2-4-25(23)37-13-15-41(34,39)16-14-37/h1-8,21-22,24,34H,9-17H2,(H,36,38)/t21-,22+,24+/m0/s1. The van der Waals surface area contributed by atoms with E-state index in [0.717, 1.165) is 21.7 Å². The summed E-state index contributed by atoms with van der Waals surface area (Å²) in [5.74, 6) is -1.12. The second-order valence-electron chi connectivity index (χ2n) is 11.3. The van der Waals surface area contributed by atoms with E-state index in [0.29, 0.717) is 61.0 Å². The van der Waals surface area contributed by atoms with Crippen LogP contribution < -0.4 is 10.2 Å². The molecule has 2 heterocycles. The van der Waals surface area contributed by atoms with Crippen LogP contribution >= 0.6 is 11.3 Å². The monoisotopic (exact) mass is 595 g/mol. The smallest absolute Gasteiger partial charge is 0.225 e. The van der Waals surface area contributed by atoms with Gasteiger partial charge in [-0.3, -0.25) is 9.57 Å². The van der Waals surface area contributed by atoms with Gasteiger partial charge in [0, 0.05) is 63.0 Å². The van der Waals surface area contributed by atoms with E-state index >= 15 is 0 Å². The van der Waals surface area contributed by atoms with Crippen molar-refractivity contribution in [3.63, 3.8) is 0 Å². The molecule has 1 saturated heterocycles. The normalized spacial score (nSPS) is 24.8. The summed E-state index contributed by atoms with van der Waals surface area (Å²) in [5, 5.41) is 13.1. The number of carbonyl (C=O) groups excluding carboxylic acids is 1. The number of carbonyl (C=O) groups is 1. The highest BCUT2D eigenvalue weighted by Gasteiger charge is 2.48. The Kier molecular flexibility index (Phi) is 7.32. The number of rotatable bonds is 6. The second kappa shape index (κ2) is 10.8. The van der Waals surface area contributed by atoms with Gasteiger partial charge in [-0.1, -0.05) is 18.2 Å². The number of nitrogens with one attached hydrogen (secondary N) is 2. The van der Waals surface area contributed by atoms with Gasteiger partial charge in [-0.2, -0.15) is 5.26 Å². The number of thiazole rings is 1. The highest BCUT2D eigenvalue weighted by atomic mass is 32.2. The van der Waals surface area contributed by atoms with Crippen LogP contribution in [-0.4, -0.2) is 51.4 Å². The molecular formula is C30H31F2N5O2S2. The van der Waals surface area contributed by atoms with Gasteiger partial charge in [0.05, 0.1) is 16.6 Å². The summed E-state index contributed by atoms with van der Waals surface area (Å²) < 4.78 is 48.9. The van der Waals surface area contributed by atoms with Crippen LogP contribution in [0.25, 0.3) is 21.0 Å². The molecule has 3 atom stereocenters. The molecule has 1 amide bonds. The molecule has 1 aliphatic heterocycles. The largest absolute Gasteiger partial charge is 0.369 e. The number of halogens is 2. The quantitative estimate of drug-likeness (QED) is 0.370. The predicted molar refractivity (Wildman–Crippen MR) is 156 cm³/mol. The Labute approximate surface area is 242 Å². The van der Waals surface area contributed by atoms with E-state index in [2.05, 4.69) is 16.3 Å². The summed E-state index contributed by atoms with van der Waals surface area (Å²) in [6.45, 7) is 0.985. The van der Waals surface area contributed by atoms with E-state index in [9.17, 15) is 23.0 Å². The molecule has 3 fully saturated rings. The Morgan fingerprint density at radius 3 is 2.54 bits per heavy atom. The number of para-hydroxylation sites is 1. The van der Waals surface area contributed by atoms with Gasteiger partial charge in [0.1, 0.15) is 22.5 Å². The Morgan fingerprint density at radius 2 is 1.85 bits per heavy atom. The molecule has 6 rings (SSSR count). The molecule has 1 aromatic heterocycles. The molecule has 2 saturated carbocycles. The fourth-order valence-electron chi connectivity index (χ4n) is 5.86. The summed E-state index contributed by atoms with van der Waals surface area (Å²) in [7, 11) is -2.58. The number of hydrogen-bond acceptors (Lipinski definition) is 7. The lowest BCUT2D eigenvalue weighted by atomic mass is 9.75. The van der Waals surface area contributed by atoms with Crippen molar-refractivity contribution in [3.8, 4) is 27.1 Å². The van der Waals surface area contributed by atoms with Crippen molar-refractivity contribution in [3.05, 3.63) is 60.0 Å². The number of benzene rings is 2. The van der Waals surface area contributed by atoms with E-state index in [1.807, 2.05) is 24.3 Å². The summed E-state index contributed by atoms with van der Waals surface area (Å²) in [6.07, 6.45) is 0.884. The van der Waals surface area contributed by atoms with Gasteiger partial charge in [0.15, 0.2) is 0 Å². The molecule has 0 bridgehead atoms. The molecule has 0 unspecified atom stereocenters. The average molecular weight is 596 g/mol. The zero-order valence-electron chi connectivity index (χ0n) is 22.4. The minimum Gasteiger partial charge on any atom is -0.369 e. The topological polar surface area (TPSA) is 110 Å². The second-order valence-corrected chi connectivity index (χ2v) is 14.7. The zero-order valence-corrected chi connectivity index (χ0v) is 24.1. The summed E-state index contributed by atoms with van der Waals surface area (Å²) in [5.41, 5.74) is 2.43. The first-order valence-corrected chi connectivity index (χ1v) is 16.6. The Hall–Kier alpha value is -3.36. The first kappa shape index (κ1) is 27.8. The lowest BCUT2D eigenvalue weighted by Gasteiger charge is -2.34. The molecule has 7 nitrogen and oxygen atoms in total. The number of alkyl halides is 1. The lowest BCUT2D eigenvalue weighted by Crippen LogP contribution is -2.44. The van der Waals surface area contributed by atoms with Crippen molar-refractivity contribution in [2.75, 3.05) is 29.5 Å². The molecule has 3 aliphatic rings. The van der Waals surface area contributed by atoms with Gasteiger partial charge in [0.2, 0.25) is 5.91 Å². The molecule has 2 N–H and O–H groups in total. The van der Waals surface area contributed by atoms with Crippen LogP contribution in [0, 0.1) is 27.8 Å². The van der Waals surface area contributed by atoms with Crippen molar-refractivity contribution in [1.29, 1.82) is 10.0 Å². The van der Waals surface area contributed by atoms with Crippen molar-refractivity contribution in [1.82, 2.24) is 10.3 Å². The number of anilines is 1. The number of nitrogens with zero attached hydrogens (tertiary/aromatic N) is 3. The first-order valence-electron chi connectivity index (χ1n) is 13.9. The Morgan fingerprint density at radius 1 is 1.15 bits per heavy atom. The maximum absolute atomic E-state index is 14.8. The van der Waals surface area contributed by atoms with Crippen molar-refractivity contribution >= 4 is 32.7 Å². The van der Waals surface area contributed by atoms with E-state index in [1.165, 1.54) is 23.5 Å². The number of nitriles is 1. The molecule has 0 radical (unpaired) electrons. The van der Waals surface area contributed by atoms with E-state index in [1.54, 1.807) is 12.1 Å². The highest BCUT2D eigenvalue weighted by molar-refractivity contribution is 7.92. The summed E-state index contributed by atoms with van der Waals surface area (Å²) >= 11 is 1.46. The zero-order chi connectivity index (χ0) is 28.8. The van der Waals surface area contributed by atoms with Crippen LogP contribution in [0.15, 0.2) is 48.5 Å². The van der Waals surface area contributed by atoms with Crippen LogP contribution in [0.4, 0.5) is 14.5 Å². The van der Waals surface area contributed by atoms with E-state index in [-0.39, 0.29) is 24.1 Å². The first-order chi connectivity index (χ1) is 19.7. The fourth-order valence-corrected chi connectivity index (χ4v) is 8.27. The van der Waals surface area contributed by atoms with Gasteiger partial charge in [-0.25, -0.2) is 18.0 Å². The maximum Gasteiger partial charge on any atom is 0.225 e. The molecule has 0 spiro atoms. The van der Waals surface area contributed by atoms with Gasteiger partial charge in [-0.05, 0) is 62.4 Å². The number of amides is 1. The number of aromatic nitrogens is 1. The van der Waals surface area contributed by atoms with Gasteiger partial charge in [-0.15, -0.1) is 11.3 Å². The average Bonchev–Trinajstić information content (AvgIpc) is 3.60. The Balaban J connectivity index is 1.44. The molecule has 2 aromatic carbocycles. The third kappa shape index (κ3) is 5.72.